The fraction of sp³-hybridized carbons (Fsp3) is 0.467. The second-order valence-corrected chi connectivity index (χ2v) is 6.05. The molecule has 2 aliphatic rings. The van der Waals surface area contributed by atoms with Crippen molar-refractivity contribution in [3.05, 3.63) is 34.1 Å². The molecule has 1 saturated heterocycles. The Bertz CT molecular complexity index is 675. The summed E-state index contributed by atoms with van der Waals surface area (Å²) in [5.41, 5.74) is -0.499. The molecule has 1 aliphatic carbocycles. The van der Waals surface area contributed by atoms with Gasteiger partial charge in [-0.25, -0.2) is 4.39 Å². The molecule has 1 heterocycles. The molecule has 1 saturated carbocycles. The molecule has 3 rings (SSSR count). The molecule has 122 valence electrons. The summed E-state index contributed by atoms with van der Waals surface area (Å²) < 4.78 is 13.8. The van der Waals surface area contributed by atoms with Crippen molar-refractivity contribution in [1.82, 2.24) is 4.90 Å². The van der Waals surface area contributed by atoms with Crippen LogP contribution in [0.25, 0.3) is 0 Å². The maximum absolute atomic E-state index is 13.8. The van der Waals surface area contributed by atoms with Crippen molar-refractivity contribution in [3.63, 3.8) is 0 Å². The first-order valence-electron chi connectivity index (χ1n) is 7.46. The van der Waals surface area contributed by atoms with Crippen molar-refractivity contribution < 1.29 is 18.9 Å². The van der Waals surface area contributed by atoms with Gasteiger partial charge in [-0.1, -0.05) is 0 Å². The first-order chi connectivity index (χ1) is 10.9. The Morgan fingerprint density at radius 1 is 1.43 bits per heavy atom. The minimum Gasteiger partial charge on any atom is -0.342 e. The Morgan fingerprint density at radius 3 is 2.78 bits per heavy atom. The second-order valence-electron chi connectivity index (χ2n) is 6.05. The van der Waals surface area contributed by atoms with E-state index in [4.69, 9.17) is 0 Å². The van der Waals surface area contributed by atoms with Gasteiger partial charge in [-0.3, -0.25) is 19.7 Å². The molecule has 0 radical (unpaired) electrons. The number of amides is 2. The highest BCUT2D eigenvalue weighted by Gasteiger charge is 2.37. The van der Waals surface area contributed by atoms with E-state index >= 15 is 0 Å². The van der Waals surface area contributed by atoms with Crippen LogP contribution < -0.4 is 5.32 Å². The Hall–Kier alpha value is -2.51. The molecule has 1 unspecified atom stereocenters. The predicted octanol–water partition coefficient (Wildman–Crippen LogP) is 1.93. The summed E-state index contributed by atoms with van der Waals surface area (Å²) in [6, 6.07) is 3.04. The van der Waals surface area contributed by atoms with E-state index in [2.05, 4.69) is 5.32 Å². The molecular formula is C15H16FN3O4. The molecule has 2 amide bonds. The summed E-state index contributed by atoms with van der Waals surface area (Å²) in [5, 5.41) is 13.0. The zero-order valence-electron chi connectivity index (χ0n) is 12.3. The molecule has 0 aromatic heterocycles. The summed E-state index contributed by atoms with van der Waals surface area (Å²) >= 11 is 0. The molecule has 1 aromatic rings. The van der Waals surface area contributed by atoms with E-state index in [-0.39, 0.29) is 23.7 Å². The smallest absolute Gasteiger partial charge is 0.272 e. The fourth-order valence-electron chi connectivity index (χ4n) is 2.69. The zero-order valence-corrected chi connectivity index (χ0v) is 12.3. The zero-order chi connectivity index (χ0) is 16.6. The molecule has 0 bridgehead atoms. The summed E-state index contributed by atoms with van der Waals surface area (Å²) in [7, 11) is 0. The topological polar surface area (TPSA) is 92.5 Å². The normalized spacial score (nSPS) is 20.7. The highest BCUT2D eigenvalue weighted by atomic mass is 19.1. The third kappa shape index (κ3) is 3.46. The SMILES string of the molecule is O=C(Nc1ccc([N+](=O)[O-])cc1F)C1CC(=O)N(CC2CC2)C1. The molecule has 0 spiro atoms. The Morgan fingerprint density at radius 2 is 2.17 bits per heavy atom. The van der Waals surface area contributed by atoms with Crippen LogP contribution in [0, 0.1) is 27.8 Å². The van der Waals surface area contributed by atoms with Gasteiger partial charge in [0.1, 0.15) is 0 Å². The number of likely N-dealkylation sites (tertiary alicyclic amines) is 1. The maximum Gasteiger partial charge on any atom is 0.272 e. The largest absolute Gasteiger partial charge is 0.342 e. The summed E-state index contributed by atoms with van der Waals surface area (Å²) in [4.78, 5) is 35.6. The van der Waals surface area contributed by atoms with Crippen LogP contribution in [0.2, 0.25) is 0 Å². The van der Waals surface area contributed by atoms with Crippen LogP contribution in [0.5, 0.6) is 0 Å². The van der Waals surface area contributed by atoms with Crippen molar-refractivity contribution in [2.24, 2.45) is 11.8 Å². The number of carbonyl (C=O) groups excluding carboxylic acids is 2. The first kappa shape index (κ1) is 15.4. The lowest BCUT2D eigenvalue weighted by molar-refractivity contribution is -0.385. The lowest BCUT2D eigenvalue weighted by Crippen LogP contribution is -2.30. The van der Waals surface area contributed by atoms with E-state index in [1.807, 2.05) is 0 Å². The summed E-state index contributed by atoms with van der Waals surface area (Å²) in [6.45, 7) is 1.03. The van der Waals surface area contributed by atoms with E-state index < -0.39 is 22.6 Å². The van der Waals surface area contributed by atoms with Gasteiger partial charge in [-0.15, -0.1) is 0 Å². The number of rotatable bonds is 5. The monoisotopic (exact) mass is 321 g/mol. The molecule has 23 heavy (non-hydrogen) atoms. The molecule has 1 aromatic carbocycles. The molecule has 1 aliphatic heterocycles. The van der Waals surface area contributed by atoms with E-state index in [0.29, 0.717) is 19.0 Å². The van der Waals surface area contributed by atoms with Crippen LogP contribution in [-0.4, -0.2) is 34.7 Å². The number of hydrogen-bond acceptors (Lipinski definition) is 4. The van der Waals surface area contributed by atoms with E-state index in [1.54, 1.807) is 4.90 Å². The Labute approximate surface area is 131 Å². The summed E-state index contributed by atoms with van der Waals surface area (Å²) in [6.07, 6.45) is 2.36. The van der Waals surface area contributed by atoms with Crippen molar-refractivity contribution in [2.75, 3.05) is 18.4 Å². The quantitative estimate of drug-likeness (QED) is 0.662. The Balaban J connectivity index is 1.63. The standard InChI is InChI=1S/C15H16FN3O4/c16-12-6-11(19(22)23)3-4-13(12)17-15(21)10-5-14(20)18(8-10)7-9-1-2-9/h3-4,6,9-10H,1-2,5,7-8H2,(H,17,21). The number of hydrogen-bond donors (Lipinski definition) is 1. The van der Waals surface area contributed by atoms with Gasteiger partial charge in [0.2, 0.25) is 11.8 Å². The van der Waals surface area contributed by atoms with Crippen LogP contribution in [0.3, 0.4) is 0 Å². The fourth-order valence-corrected chi connectivity index (χ4v) is 2.69. The minimum absolute atomic E-state index is 0.0544. The number of nitrogens with zero attached hydrogens (tertiary/aromatic N) is 2. The number of halogens is 1. The number of anilines is 1. The van der Waals surface area contributed by atoms with E-state index in [0.717, 1.165) is 31.0 Å². The average molecular weight is 321 g/mol. The van der Waals surface area contributed by atoms with Crippen molar-refractivity contribution in [3.8, 4) is 0 Å². The highest BCUT2D eigenvalue weighted by Crippen LogP contribution is 2.32. The van der Waals surface area contributed by atoms with E-state index in [9.17, 15) is 24.1 Å². The van der Waals surface area contributed by atoms with Gasteiger partial charge >= 0.3 is 0 Å². The Kier molecular flexibility index (Phi) is 3.97. The van der Waals surface area contributed by atoms with Crippen LogP contribution in [0.1, 0.15) is 19.3 Å². The second kappa shape index (κ2) is 5.94. The molecule has 8 heteroatoms. The number of benzene rings is 1. The van der Waals surface area contributed by atoms with Gasteiger partial charge in [0.25, 0.3) is 5.69 Å². The molecule has 2 fully saturated rings. The third-order valence-corrected chi connectivity index (χ3v) is 4.18. The highest BCUT2D eigenvalue weighted by molar-refractivity contribution is 5.97. The molecule has 1 N–H and O–H groups in total. The number of nitrogens with one attached hydrogen (secondary N) is 1. The third-order valence-electron chi connectivity index (χ3n) is 4.18. The van der Waals surface area contributed by atoms with Gasteiger partial charge in [-0.2, -0.15) is 0 Å². The van der Waals surface area contributed by atoms with Crippen LogP contribution in [0.4, 0.5) is 15.8 Å². The van der Waals surface area contributed by atoms with Gasteiger partial charge in [-0.05, 0) is 24.8 Å². The van der Waals surface area contributed by atoms with Crippen molar-refractivity contribution in [1.29, 1.82) is 0 Å². The minimum atomic E-state index is -0.869. The maximum atomic E-state index is 13.8. The van der Waals surface area contributed by atoms with Gasteiger partial charge < -0.3 is 10.2 Å². The molecule has 7 nitrogen and oxygen atoms in total. The number of nitro groups is 1. The van der Waals surface area contributed by atoms with E-state index in [1.165, 1.54) is 0 Å². The van der Waals surface area contributed by atoms with Gasteiger partial charge in [0.05, 0.1) is 22.6 Å². The van der Waals surface area contributed by atoms with Gasteiger partial charge in [0, 0.05) is 25.6 Å². The number of nitro benzene ring substituents is 1. The predicted molar refractivity (Wildman–Crippen MR) is 79.1 cm³/mol. The van der Waals surface area contributed by atoms with Crippen LogP contribution in [0.15, 0.2) is 18.2 Å². The average Bonchev–Trinajstić information content (AvgIpc) is 3.23. The van der Waals surface area contributed by atoms with Gasteiger partial charge in [0.15, 0.2) is 5.82 Å². The first-order valence-corrected chi connectivity index (χ1v) is 7.46. The summed E-state index contributed by atoms with van der Waals surface area (Å²) in [5.74, 6) is -1.33. The lowest BCUT2D eigenvalue weighted by Gasteiger charge is -2.16. The van der Waals surface area contributed by atoms with Crippen LogP contribution >= 0.6 is 0 Å². The number of non-ortho nitro benzene ring substituents is 1. The van der Waals surface area contributed by atoms with Crippen molar-refractivity contribution >= 4 is 23.2 Å². The van der Waals surface area contributed by atoms with Crippen molar-refractivity contribution in [2.45, 2.75) is 19.3 Å². The van der Waals surface area contributed by atoms with Crippen LogP contribution in [-0.2, 0) is 9.59 Å². The lowest BCUT2D eigenvalue weighted by atomic mass is 10.1. The molecule has 1 atom stereocenters. The number of carbonyl (C=O) groups is 2. The molecular weight excluding hydrogens is 305 g/mol.